The van der Waals surface area contributed by atoms with Gasteiger partial charge in [-0.3, -0.25) is 4.79 Å². The number of amides is 1. The summed E-state index contributed by atoms with van der Waals surface area (Å²) in [5.41, 5.74) is 0.212. The van der Waals surface area contributed by atoms with E-state index >= 15 is 0 Å². The van der Waals surface area contributed by atoms with E-state index in [1.807, 2.05) is 26.0 Å². The van der Waals surface area contributed by atoms with Crippen molar-refractivity contribution in [2.75, 3.05) is 6.54 Å². The van der Waals surface area contributed by atoms with Crippen LogP contribution in [0, 0.1) is 5.82 Å². The molecule has 1 aliphatic heterocycles. The number of benzene rings is 2. The summed E-state index contributed by atoms with van der Waals surface area (Å²) in [6.45, 7) is 6.52. The van der Waals surface area contributed by atoms with E-state index < -0.39 is 17.5 Å². The first-order valence-electron chi connectivity index (χ1n) is 12.0. The normalized spacial score (nSPS) is 13.8. The molecule has 35 heavy (non-hydrogen) atoms. The number of rotatable bonds is 8. The topological polar surface area (TPSA) is 77.8 Å². The minimum absolute atomic E-state index is 0.00355. The fraction of sp³-hybridized carbons (Fsp3) is 0.357. The summed E-state index contributed by atoms with van der Waals surface area (Å²) in [4.78, 5) is 25.4. The van der Waals surface area contributed by atoms with Gasteiger partial charge in [0.05, 0.1) is 16.5 Å². The maximum Gasteiger partial charge on any atom is 0.412 e. The van der Waals surface area contributed by atoms with Crippen molar-refractivity contribution in [3.63, 3.8) is 0 Å². The first kappa shape index (κ1) is 24.5. The molecule has 6 nitrogen and oxygen atoms in total. The van der Waals surface area contributed by atoms with Gasteiger partial charge in [0.25, 0.3) is 0 Å². The number of unbranched alkanes of at least 4 members (excludes halogenated alkanes) is 4. The zero-order valence-corrected chi connectivity index (χ0v) is 20.3. The van der Waals surface area contributed by atoms with E-state index in [4.69, 9.17) is 13.9 Å². The van der Waals surface area contributed by atoms with Gasteiger partial charge in [0, 0.05) is 12.1 Å². The lowest BCUT2D eigenvalue weighted by atomic mass is 9.99. The molecule has 1 aromatic heterocycles. The Morgan fingerprint density at radius 2 is 1.89 bits per heavy atom. The zero-order chi connectivity index (χ0) is 25.0. The Morgan fingerprint density at radius 3 is 2.69 bits per heavy atom. The first-order chi connectivity index (χ1) is 16.8. The third kappa shape index (κ3) is 5.56. The summed E-state index contributed by atoms with van der Waals surface area (Å²) < 4.78 is 31.8. The molecule has 0 atom stereocenters. The maximum absolute atomic E-state index is 14.7. The van der Waals surface area contributed by atoms with Crippen LogP contribution in [-0.2, 0) is 0 Å². The Balaban J connectivity index is 1.55. The van der Waals surface area contributed by atoms with Crippen LogP contribution < -0.4 is 20.2 Å². The van der Waals surface area contributed by atoms with E-state index in [1.54, 1.807) is 12.1 Å². The smallest absolute Gasteiger partial charge is 0.412 e. The van der Waals surface area contributed by atoms with Crippen LogP contribution >= 0.6 is 0 Å². The molecule has 1 aliphatic rings. The van der Waals surface area contributed by atoms with Crippen LogP contribution in [0.3, 0.4) is 0 Å². The van der Waals surface area contributed by atoms with E-state index in [2.05, 4.69) is 12.2 Å². The van der Waals surface area contributed by atoms with Crippen molar-refractivity contribution < 1.29 is 23.1 Å². The summed E-state index contributed by atoms with van der Waals surface area (Å²) >= 11 is 0. The second kappa shape index (κ2) is 10.3. The van der Waals surface area contributed by atoms with Crippen LogP contribution in [0.1, 0.15) is 58.4 Å². The predicted octanol–water partition coefficient (Wildman–Crippen LogP) is 6.84. The SMILES string of the molecule is CCCCCCCNC(=O)Oc1ccc(F)c(-c2coc3c4c(ccc3c2=O)OC(C)(C)C=C4)c1. The Morgan fingerprint density at radius 1 is 1.09 bits per heavy atom. The third-order valence-electron chi connectivity index (χ3n) is 5.95. The molecule has 0 aliphatic carbocycles. The van der Waals surface area contributed by atoms with Gasteiger partial charge >= 0.3 is 6.09 Å². The second-order valence-electron chi connectivity index (χ2n) is 9.24. The third-order valence-corrected chi connectivity index (χ3v) is 5.95. The summed E-state index contributed by atoms with van der Waals surface area (Å²) in [5, 5.41) is 3.00. The molecule has 2 heterocycles. The Hall–Kier alpha value is -3.61. The predicted molar refractivity (Wildman–Crippen MR) is 134 cm³/mol. The monoisotopic (exact) mass is 479 g/mol. The Kier molecular flexibility index (Phi) is 7.24. The molecule has 1 N–H and O–H groups in total. The molecule has 0 bridgehead atoms. The van der Waals surface area contributed by atoms with Gasteiger partial charge in [-0.2, -0.15) is 0 Å². The molecule has 0 unspecified atom stereocenters. The lowest BCUT2D eigenvalue weighted by molar-refractivity contribution is 0.159. The van der Waals surface area contributed by atoms with E-state index in [0.29, 0.717) is 28.8 Å². The highest BCUT2D eigenvalue weighted by Crippen LogP contribution is 2.36. The molecular weight excluding hydrogens is 449 g/mol. The highest BCUT2D eigenvalue weighted by Gasteiger charge is 2.25. The Bertz CT molecular complexity index is 1320. The van der Waals surface area contributed by atoms with Gasteiger partial charge in [0.15, 0.2) is 0 Å². The molecule has 3 aromatic rings. The quantitative estimate of drug-likeness (QED) is 0.358. The fourth-order valence-electron chi connectivity index (χ4n) is 4.07. The molecular formula is C28H30FNO5. The number of hydrogen-bond donors (Lipinski definition) is 1. The number of fused-ring (bicyclic) bond motifs is 3. The van der Waals surface area contributed by atoms with Gasteiger partial charge in [-0.15, -0.1) is 0 Å². The van der Waals surface area contributed by atoms with Crippen molar-refractivity contribution in [1.29, 1.82) is 0 Å². The molecule has 0 saturated heterocycles. The van der Waals surface area contributed by atoms with Crippen molar-refractivity contribution in [2.45, 2.75) is 58.5 Å². The molecule has 7 heteroatoms. The molecule has 0 fully saturated rings. The number of carbonyl (C=O) groups excluding carboxylic acids is 1. The van der Waals surface area contributed by atoms with E-state index in [-0.39, 0.29) is 22.3 Å². The van der Waals surface area contributed by atoms with E-state index in [0.717, 1.165) is 31.7 Å². The van der Waals surface area contributed by atoms with E-state index in [1.165, 1.54) is 24.8 Å². The maximum atomic E-state index is 14.7. The highest BCUT2D eigenvalue weighted by atomic mass is 19.1. The lowest BCUT2D eigenvalue weighted by Gasteiger charge is -2.27. The lowest BCUT2D eigenvalue weighted by Crippen LogP contribution is -2.27. The van der Waals surface area contributed by atoms with Crippen molar-refractivity contribution in [3.05, 3.63) is 64.3 Å². The van der Waals surface area contributed by atoms with Gasteiger partial charge in [-0.05, 0) is 62.8 Å². The summed E-state index contributed by atoms with van der Waals surface area (Å²) in [6.07, 6.45) is 9.73. The van der Waals surface area contributed by atoms with Crippen LogP contribution in [0.15, 0.2) is 51.9 Å². The first-order valence-corrected chi connectivity index (χ1v) is 12.0. The van der Waals surface area contributed by atoms with Crippen LogP contribution in [0.4, 0.5) is 9.18 Å². The number of nitrogens with one attached hydrogen (secondary N) is 1. The van der Waals surface area contributed by atoms with E-state index in [9.17, 15) is 14.0 Å². The number of ether oxygens (including phenoxy) is 2. The molecule has 0 radical (unpaired) electrons. The second-order valence-corrected chi connectivity index (χ2v) is 9.24. The summed E-state index contributed by atoms with van der Waals surface area (Å²) in [5.74, 6) is 0.121. The number of hydrogen-bond acceptors (Lipinski definition) is 5. The van der Waals surface area contributed by atoms with Crippen molar-refractivity contribution in [2.24, 2.45) is 0 Å². The number of halogens is 1. The summed E-state index contributed by atoms with van der Waals surface area (Å²) in [7, 11) is 0. The molecule has 2 aromatic carbocycles. The van der Waals surface area contributed by atoms with Gasteiger partial charge in [0.2, 0.25) is 5.43 Å². The zero-order valence-electron chi connectivity index (χ0n) is 20.3. The van der Waals surface area contributed by atoms with Crippen LogP contribution in [0.5, 0.6) is 11.5 Å². The number of carbonyl (C=O) groups is 1. The van der Waals surface area contributed by atoms with Gasteiger partial charge in [-0.25, -0.2) is 9.18 Å². The largest absolute Gasteiger partial charge is 0.483 e. The van der Waals surface area contributed by atoms with Gasteiger partial charge < -0.3 is 19.2 Å². The van der Waals surface area contributed by atoms with Crippen molar-refractivity contribution in [3.8, 4) is 22.6 Å². The molecule has 0 saturated carbocycles. The molecule has 4 rings (SSSR count). The van der Waals surface area contributed by atoms with Crippen LogP contribution in [0.25, 0.3) is 28.2 Å². The van der Waals surface area contributed by atoms with Crippen LogP contribution in [0.2, 0.25) is 0 Å². The van der Waals surface area contributed by atoms with Gasteiger partial charge in [-0.1, -0.05) is 32.6 Å². The van der Waals surface area contributed by atoms with Crippen molar-refractivity contribution >= 4 is 23.1 Å². The average molecular weight is 480 g/mol. The average Bonchev–Trinajstić information content (AvgIpc) is 2.82. The molecule has 0 spiro atoms. The molecule has 1 amide bonds. The van der Waals surface area contributed by atoms with Crippen molar-refractivity contribution in [1.82, 2.24) is 5.32 Å². The Labute approximate surface area is 203 Å². The van der Waals surface area contributed by atoms with Gasteiger partial charge in [0.1, 0.15) is 34.8 Å². The van der Waals surface area contributed by atoms with Crippen LogP contribution in [-0.4, -0.2) is 18.2 Å². The highest BCUT2D eigenvalue weighted by molar-refractivity contribution is 5.91. The summed E-state index contributed by atoms with van der Waals surface area (Å²) in [6, 6.07) is 7.18. The minimum Gasteiger partial charge on any atom is -0.483 e. The standard InChI is InChI=1S/C28H30FNO5/c1-4-5-6-7-8-15-30-27(32)34-18-9-11-23(29)21(16-18)22-17-33-26-19-13-14-28(2,3)35-24(19)12-10-20(26)25(22)31/h9-14,16-17H,4-8,15H2,1-3H3,(H,30,32). The fourth-order valence-corrected chi connectivity index (χ4v) is 4.07. The molecule has 184 valence electrons. The minimum atomic E-state index is -0.622.